The SMILES string of the molecule is C#Cc1ccccc1-c1cc(NCc2cccc(CNS(=O)(=O)c3ccccc3F)c2)n2ncc(Br)c2n1. The van der Waals surface area contributed by atoms with Crippen LogP contribution in [0.2, 0.25) is 0 Å². The first-order chi connectivity index (χ1) is 18.4. The van der Waals surface area contributed by atoms with Crippen molar-refractivity contribution in [1.82, 2.24) is 19.3 Å². The quantitative estimate of drug-likeness (QED) is 0.238. The van der Waals surface area contributed by atoms with Gasteiger partial charge in [0.05, 0.1) is 16.4 Å². The molecule has 0 aliphatic heterocycles. The predicted octanol–water partition coefficient (Wildman–Crippen LogP) is 5.37. The summed E-state index contributed by atoms with van der Waals surface area (Å²) < 4.78 is 44.0. The average Bonchev–Trinajstić information content (AvgIpc) is 3.31. The second-order valence-corrected chi connectivity index (χ2v) is 11.0. The number of nitrogens with one attached hydrogen (secondary N) is 2. The van der Waals surface area contributed by atoms with Gasteiger partial charge in [0.25, 0.3) is 0 Å². The molecule has 0 atom stereocenters. The molecule has 2 heterocycles. The van der Waals surface area contributed by atoms with E-state index in [1.807, 2.05) is 48.5 Å². The van der Waals surface area contributed by atoms with Gasteiger partial charge in [0, 0.05) is 30.3 Å². The predicted molar refractivity (Wildman–Crippen MR) is 148 cm³/mol. The summed E-state index contributed by atoms with van der Waals surface area (Å²) in [6.07, 6.45) is 7.38. The summed E-state index contributed by atoms with van der Waals surface area (Å²) >= 11 is 3.51. The monoisotopic (exact) mass is 589 g/mol. The Bertz CT molecular complexity index is 1800. The maximum atomic E-state index is 14.0. The van der Waals surface area contributed by atoms with Crippen LogP contribution < -0.4 is 10.0 Å². The van der Waals surface area contributed by atoms with Gasteiger partial charge in [0.15, 0.2) is 5.65 Å². The van der Waals surface area contributed by atoms with Crippen molar-refractivity contribution in [3.05, 3.63) is 112 Å². The first-order valence-electron chi connectivity index (χ1n) is 11.5. The number of hydrogen-bond acceptors (Lipinski definition) is 5. The van der Waals surface area contributed by atoms with Crippen LogP contribution in [0.3, 0.4) is 0 Å². The van der Waals surface area contributed by atoms with E-state index in [4.69, 9.17) is 11.4 Å². The molecule has 190 valence electrons. The number of sulfonamides is 1. The Hall–Kier alpha value is -4.04. The molecule has 3 aromatic carbocycles. The number of hydrogen-bond donors (Lipinski definition) is 2. The summed E-state index contributed by atoms with van der Waals surface area (Å²) in [7, 11) is -3.99. The van der Waals surface area contributed by atoms with E-state index in [1.165, 1.54) is 18.2 Å². The number of fused-ring (bicyclic) bond motifs is 1. The number of anilines is 1. The van der Waals surface area contributed by atoms with Gasteiger partial charge in [-0.25, -0.2) is 22.5 Å². The number of aromatic nitrogens is 3. The normalized spacial score (nSPS) is 11.4. The molecular weight excluding hydrogens is 569 g/mol. The Labute approximate surface area is 227 Å². The fourth-order valence-electron chi connectivity index (χ4n) is 3.99. The third kappa shape index (κ3) is 5.31. The van der Waals surface area contributed by atoms with Crippen LogP contribution in [0.25, 0.3) is 16.9 Å². The summed E-state index contributed by atoms with van der Waals surface area (Å²) in [6, 6.07) is 22.2. The molecule has 5 rings (SSSR count). The van der Waals surface area contributed by atoms with E-state index >= 15 is 0 Å². The van der Waals surface area contributed by atoms with E-state index in [-0.39, 0.29) is 11.4 Å². The van der Waals surface area contributed by atoms with E-state index in [2.05, 4.69) is 37.0 Å². The molecule has 0 fully saturated rings. The zero-order valence-electron chi connectivity index (χ0n) is 19.9. The van der Waals surface area contributed by atoms with Crippen LogP contribution in [0.1, 0.15) is 16.7 Å². The Morgan fingerprint density at radius 1 is 0.974 bits per heavy atom. The standard InChI is InChI=1S/C28H21BrFN5O2S/c1-2-21-10-3-4-11-22(21)25-15-27(35-28(34-25)23(29)18-32-35)31-16-19-8-7-9-20(14-19)17-33-38(36,37)26-13-6-5-12-24(26)30/h1,3-15,18,31,33H,16-17H2. The highest BCUT2D eigenvalue weighted by Gasteiger charge is 2.18. The summed E-state index contributed by atoms with van der Waals surface area (Å²) in [4.78, 5) is 4.37. The number of benzene rings is 3. The van der Waals surface area contributed by atoms with Crippen LogP contribution in [0, 0.1) is 18.2 Å². The number of nitrogens with zero attached hydrogens (tertiary/aromatic N) is 3. The zero-order chi connectivity index (χ0) is 26.7. The molecule has 5 aromatic rings. The first kappa shape index (κ1) is 25.6. The van der Waals surface area contributed by atoms with Gasteiger partial charge in [-0.1, -0.05) is 60.5 Å². The molecule has 38 heavy (non-hydrogen) atoms. The molecule has 0 amide bonds. The molecule has 0 saturated heterocycles. The lowest BCUT2D eigenvalue weighted by molar-refractivity contribution is 0.557. The van der Waals surface area contributed by atoms with E-state index in [0.29, 0.717) is 23.7 Å². The second kappa shape index (κ2) is 10.8. The fourth-order valence-corrected chi connectivity index (χ4v) is 5.44. The summed E-state index contributed by atoms with van der Waals surface area (Å²) in [5.74, 6) is 2.61. The summed E-state index contributed by atoms with van der Waals surface area (Å²) in [5.41, 5.74) is 4.54. The minimum atomic E-state index is -3.99. The molecule has 0 saturated carbocycles. The highest BCUT2D eigenvalue weighted by molar-refractivity contribution is 9.10. The van der Waals surface area contributed by atoms with Crippen LogP contribution in [0.5, 0.6) is 0 Å². The van der Waals surface area contributed by atoms with Crippen LogP contribution in [0.4, 0.5) is 10.2 Å². The van der Waals surface area contributed by atoms with Gasteiger partial charge in [-0.15, -0.1) is 6.42 Å². The van der Waals surface area contributed by atoms with Gasteiger partial charge < -0.3 is 5.32 Å². The topological polar surface area (TPSA) is 88.4 Å². The van der Waals surface area contributed by atoms with Crippen LogP contribution in [-0.2, 0) is 23.1 Å². The van der Waals surface area contributed by atoms with Crippen molar-refractivity contribution in [2.45, 2.75) is 18.0 Å². The van der Waals surface area contributed by atoms with Crippen molar-refractivity contribution >= 4 is 37.4 Å². The Morgan fingerprint density at radius 3 is 2.50 bits per heavy atom. The van der Waals surface area contributed by atoms with Crippen LogP contribution in [0.15, 0.2) is 94.4 Å². The molecule has 0 aliphatic rings. The molecule has 0 unspecified atom stereocenters. The number of halogens is 2. The van der Waals surface area contributed by atoms with Gasteiger partial charge in [-0.2, -0.15) is 9.61 Å². The van der Waals surface area contributed by atoms with Gasteiger partial charge in [0.1, 0.15) is 16.5 Å². The van der Waals surface area contributed by atoms with Gasteiger partial charge in [-0.3, -0.25) is 0 Å². The van der Waals surface area contributed by atoms with Crippen molar-refractivity contribution in [2.75, 3.05) is 5.32 Å². The van der Waals surface area contributed by atoms with Gasteiger partial charge >= 0.3 is 0 Å². The summed E-state index contributed by atoms with van der Waals surface area (Å²) in [6.45, 7) is 0.448. The third-order valence-electron chi connectivity index (χ3n) is 5.84. The lowest BCUT2D eigenvalue weighted by atomic mass is 10.0. The van der Waals surface area contributed by atoms with Gasteiger partial charge in [-0.05, 0) is 45.3 Å². The molecule has 2 N–H and O–H groups in total. The molecule has 0 bridgehead atoms. The van der Waals surface area contributed by atoms with E-state index in [0.717, 1.165) is 32.8 Å². The Morgan fingerprint density at radius 2 is 1.71 bits per heavy atom. The molecule has 0 aliphatic carbocycles. The molecule has 0 spiro atoms. The largest absolute Gasteiger partial charge is 0.366 e. The van der Waals surface area contributed by atoms with Crippen molar-refractivity contribution in [2.24, 2.45) is 0 Å². The second-order valence-electron chi connectivity index (χ2n) is 8.37. The van der Waals surface area contributed by atoms with E-state index in [1.54, 1.807) is 16.8 Å². The maximum Gasteiger partial charge on any atom is 0.243 e. The highest BCUT2D eigenvalue weighted by Crippen LogP contribution is 2.28. The number of terminal acetylenes is 1. The van der Waals surface area contributed by atoms with E-state index in [9.17, 15) is 12.8 Å². The van der Waals surface area contributed by atoms with Crippen LogP contribution >= 0.6 is 15.9 Å². The van der Waals surface area contributed by atoms with E-state index < -0.39 is 15.8 Å². The molecular formula is C28H21BrFN5O2S. The van der Waals surface area contributed by atoms with Crippen molar-refractivity contribution in [1.29, 1.82) is 0 Å². The van der Waals surface area contributed by atoms with Crippen molar-refractivity contribution in [3.8, 4) is 23.6 Å². The minimum Gasteiger partial charge on any atom is -0.366 e. The highest BCUT2D eigenvalue weighted by atomic mass is 79.9. The van der Waals surface area contributed by atoms with Crippen molar-refractivity contribution in [3.63, 3.8) is 0 Å². The zero-order valence-corrected chi connectivity index (χ0v) is 22.3. The lowest BCUT2D eigenvalue weighted by Gasteiger charge is -2.13. The first-order valence-corrected chi connectivity index (χ1v) is 13.8. The molecule has 2 aromatic heterocycles. The third-order valence-corrected chi connectivity index (χ3v) is 7.84. The summed E-state index contributed by atoms with van der Waals surface area (Å²) in [5, 5.41) is 7.81. The number of rotatable bonds is 8. The van der Waals surface area contributed by atoms with Crippen LogP contribution in [-0.4, -0.2) is 23.0 Å². The smallest absolute Gasteiger partial charge is 0.243 e. The Kier molecular flexibility index (Phi) is 7.24. The molecule has 0 radical (unpaired) electrons. The van der Waals surface area contributed by atoms with Gasteiger partial charge in [0.2, 0.25) is 10.0 Å². The fraction of sp³-hybridized carbons (Fsp3) is 0.0714. The maximum absolute atomic E-state index is 14.0. The Balaban J connectivity index is 1.37. The molecule has 7 nitrogen and oxygen atoms in total. The minimum absolute atomic E-state index is 0.0170. The lowest BCUT2D eigenvalue weighted by Crippen LogP contribution is -2.24. The molecule has 10 heteroatoms. The van der Waals surface area contributed by atoms with Crippen molar-refractivity contribution < 1.29 is 12.8 Å². The average molecular weight is 590 g/mol.